The lowest BCUT2D eigenvalue weighted by Crippen LogP contribution is -2.24. The Labute approximate surface area is 188 Å². The summed E-state index contributed by atoms with van der Waals surface area (Å²) in [6.45, 7) is 1.98. The maximum atomic E-state index is 12.6. The summed E-state index contributed by atoms with van der Waals surface area (Å²) in [6.07, 6.45) is 0.584. The molecule has 154 valence electrons. The van der Waals surface area contributed by atoms with E-state index >= 15 is 0 Å². The van der Waals surface area contributed by atoms with Crippen molar-refractivity contribution in [2.75, 3.05) is 10.6 Å². The standard InChI is InChI=1S/C21H17Cl3N4O2/c1-2-16-19(11-4-3-5-12(22)6-11)20-26-21(30)17(28(20)27-16)10-18(29)25-15-8-13(23)7-14(24)9-15/h3-9,17H,2,10H2,1H3,(H,25,29)(H,26,30). The smallest absolute Gasteiger partial charge is 0.251 e. The van der Waals surface area contributed by atoms with E-state index in [1.165, 1.54) is 0 Å². The van der Waals surface area contributed by atoms with E-state index in [-0.39, 0.29) is 18.2 Å². The lowest BCUT2D eigenvalue weighted by atomic mass is 10.0. The molecule has 1 aliphatic heterocycles. The molecule has 2 aromatic carbocycles. The molecular formula is C21H17Cl3N4O2. The molecule has 0 saturated heterocycles. The summed E-state index contributed by atoms with van der Waals surface area (Å²) in [4.78, 5) is 25.2. The second-order valence-corrected chi connectivity index (χ2v) is 8.20. The van der Waals surface area contributed by atoms with Crippen molar-refractivity contribution >= 4 is 58.1 Å². The molecule has 1 atom stereocenters. The Hall–Kier alpha value is -2.54. The third-order valence-electron chi connectivity index (χ3n) is 4.80. The van der Waals surface area contributed by atoms with Gasteiger partial charge in [-0.05, 0) is 42.3 Å². The summed E-state index contributed by atoms with van der Waals surface area (Å²) in [5.74, 6) is -0.0652. The number of hydrogen-bond donors (Lipinski definition) is 2. The second-order valence-electron chi connectivity index (χ2n) is 6.89. The molecule has 0 aliphatic carbocycles. The van der Waals surface area contributed by atoms with Gasteiger partial charge in [0.2, 0.25) is 5.91 Å². The van der Waals surface area contributed by atoms with Gasteiger partial charge in [0.1, 0.15) is 11.9 Å². The van der Waals surface area contributed by atoms with Gasteiger partial charge in [-0.3, -0.25) is 9.59 Å². The highest BCUT2D eigenvalue weighted by Crippen LogP contribution is 2.39. The number of anilines is 2. The number of carbonyl (C=O) groups excluding carboxylic acids is 2. The van der Waals surface area contributed by atoms with Gasteiger partial charge in [0.25, 0.3) is 5.91 Å². The van der Waals surface area contributed by atoms with E-state index in [0.29, 0.717) is 33.0 Å². The monoisotopic (exact) mass is 462 g/mol. The molecule has 0 saturated carbocycles. The van der Waals surface area contributed by atoms with Crippen molar-refractivity contribution in [3.05, 3.63) is 63.2 Å². The van der Waals surface area contributed by atoms with Crippen molar-refractivity contribution in [1.82, 2.24) is 9.78 Å². The minimum absolute atomic E-state index is 0.0806. The van der Waals surface area contributed by atoms with Crippen molar-refractivity contribution in [3.63, 3.8) is 0 Å². The number of benzene rings is 2. The molecule has 0 fully saturated rings. The Morgan fingerprint density at radius 3 is 2.53 bits per heavy atom. The summed E-state index contributed by atoms with van der Waals surface area (Å²) in [7, 11) is 0. The Morgan fingerprint density at radius 1 is 1.13 bits per heavy atom. The quantitative estimate of drug-likeness (QED) is 0.517. The highest BCUT2D eigenvalue weighted by atomic mass is 35.5. The molecule has 0 spiro atoms. The van der Waals surface area contributed by atoms with Gasteiger partial charge in [0.05, 0.1) is 12.1 Å². The second kappa shape index (κ2) is 8.30. The molecule has 0 radical (unpaired) electrons. The first-order valence-electron chi connectivity index (χ1n) is 9.30. The van der Waals surface area contributed by atoms with Gasteiger partial charge < -0.3 is 10.6 Å². The van der Waals surface area contributed by atoms with E-state index in [2.05, 4.69) is 15.7 Å². The van der Waals surface area contributed by atoms with Crippen LogP contribution in [-0.4, -0.2) is 21.6 Å². The number of rotatable bonds is 5. The van der Waals surface area contributed by atoms with Crippen LogP contribution in [0, 0.1) is 0 Å². The highest BCUT2D eigenvalue weighted by Gasteiger charge is 2.36. The van der Waals surface area contributed by atoms with Crippen LogP contribution in [0.3, 0.4) is 0 Å². The number of carbonyl (C=O) groups is 2. The van der Waals surface area contributed by atoms with Gasteiger partial charge in [0, 0.05) is 26.3 Å². The Bertz CT molecular complexity index is 1140. The number of fused-ring (bicyclic) bond motifs is 1. The summed E-state index contributed by atoms with van der Waals surface area (Å²) in [5.41, 5.74) is 2.96. The zero-order valence-corrected chi connectivity index (χ0v) is 18.1. The normalized spacial score (nSPS) is 15.1. The fourth-order valence-corrected chi connectivity index (χ4v) is 4.24. The summed E-state index contributed by atoms with van der Waals surface area (Å²) in [5, 5.41) is 11.6. The molecule has 0 bridgehead atoms. The summed E-state index contributed by atoms with van der Waals surface area (Å²) in [6, 6.07) is 11.4. The molecule has 2 amide bonds. The van der Waals surface area contributed by atoms with E-state index < -0.39 is 6.04 Å². The molecule has 3 aromatic rings. The fourth-order valence-electron chi connectivity index (χ4n) is 3.53. The number of aryl methyl sites for hydroxylation is 1. The van der Waals surface area contributed by atoms with Crippen LogP contribution in [0.25, 0.3) is 11.1 Å². The number of nitrogens with zero attached hydrogens (tertiary/aromatic N) is 2. The number of aromatic nitrogens is 2. The molecule has 1 aromatic heterocycles. The third kappa shape index (κ3) is 4.03. The largest absolute Gasteiger partial charge is 0.326 e. The van der Waals surface area contributed by atoms with Gasteiger partial charge >= 0.3 is 0 Å². The maximum Gasteiger partial charge on any atom is 0.251 e. The molecule has 1 aliphatic rings. The van der Waals surface area contributed by atoms with Crippen LogP contribution in [0.5, 0.6) is 0 Å². The van der Waals surface area contributed by atoms with Crippen LogP contribution >= 0.6 is 34.8 Å². The number of hydrogen-bond acceptors (Lipinski definition) is 3. The van der Waals surface area contributed by atoms with Gasteiger partial charge in [0.15, 0.2) is 0 Å². The van der Waals surface area contributed by atoms with Crippen LogP contribution in [0.15, 0.2) is 42.5 Å². The topological polar surface area (TPSA) is 76.0 Å². The van der Waals surface area contributed by atoms with Crippen LogP contribution in [0.1, 0.15) is 25.1 Å². The number of amides is 2. The Balaban J connectivity index is 1.62. The zero-order valence-electron chi connectivity index (χ0n) is 15.9. The van der Waals surface area contributed by atoms with Gasteiger partial charge in [-0.15, -0.1) is 0 Å². The minimum atomic E-state index is -0.757. The van der Waals surface area contributed by atoms with Crippen LogP contribution in [-0.2, 0) is 16.0 Å². The summed E-state index contributed by atoms with van der Waals surface area (Å²) >= 11 is 18.1. The Morgan fingerprint density at radius 2 is 1.87 bits per heavy atom. The van der Waals surface area contributed by atoms with Crippen LogP contribution < -0.4 is 10.6 Å². The van der Waals surface area contributed by atoms with E-state index in [9.17, 15) is 9.59 Å². The predicted molar refractivity (Wildman–Crippen MR) is 119 cm³/mol. The van der Waals surface area contributed by atoms with E-state index in [0.717, 1.165) is 16.8 Å². The van der Waals surface area contributed by atoms with Crippen molar-refractivity contribution in [2.45, 2.75) is 25.8 Å². The van der Waals surface area contributed by atoms with Crippen LogP contribution in [0.2, 0.25) is 15.1 Å². The van der Waals surface area contributed by atoms with Gasteiger partial charge in [-0.1, -0.05) is 53.9 Å². The third-order valence-corrected chi connectivity index (χ3v) is 5.47. The average molecular weight is 464 g/mol. The lowest BCUT2D eigenvalue weighted by Gasteiger charge is -2.10. The van der Waals surface area contributed by atoms with E-state index in [4.69, 9.17) is 34.8 Å². The van der Waals surface area contributed by atoms with Crippen molar-refractivity contribution in [3.8, 4) is 11.1 Å². The molecule has 2 heterocycles. The maximum absolute atomic E-state index is 12.6. The highest BCUT2D eigenvalue weighted by molar-refractivity contribution is 6.35. The first kappa shape index (κ1) is 20.7. The van der Waals surface area contributed by atoms with E-state index in [1.54, 1.807) is 28.9 Å². The van der Waals surface area contributed by atoms with Crippen molar-refractivity contribution in [2.24, 2.45) is 0 Å². The van der Waals surface area contributed by atoms with E-state index in [1.807, 2.05) is 25.1 Å². The number of halogens is 3. The Kier molecular flexibility index (Phi) is 5.73. The zero-order chi connectivity index (χ0) is 21.4. The minimum Gasteiger partial charge on any atom is -0.326 e. The van der Waals surface area contributed by atoms with Crippen molar-refractivity contribution in [1.29, 1.82) is 0 Å². The first-order valence-corrected chi connectivity index (χ1v) is 10.4. The van der Waals surface area contributed by atoms with Crippen LogP contribution in [0.4, 0.5) is 11.5 Å². The molecule has 4 rings (SSSR count). The fraction of sp³-hybridized carbons (Fsp3) is 0.190. The first-order chi connectivity index (χ1) is 14.4. The van der Waals surface area contributed by atoms with Gasteiger partial charge in [-0.2, -0.15) is 5.10 Å². The van der Waals surface area contributed by atoms with Crippen molar-refractivity contribution < 1.29 is 9.59 Å². The summed E-state index contributed by atoms with van der Waals surface area (Å²) < 4.78 is 1.59. The average Bonchev–Trinajstić information content (AvgIpc) is 3.16. The molecular weight excluding hydrogens is 447 g/mol. The molecule has 30 heavy (non-hydrogen) atoms. The van der Waals surface area contributed by atoms with Gasteiger partial charge in [-0.25, -0.2) is 4.68 Å². The molecule has 2 N–H and O–H groups in total. The molecule has 6 nitrogen and oxygen atoms in total. The number of nitrogens with one attached hydrogen (secondary N) is 2. The SMILES string of the molecule is CCc1nn2c(c1-c1cccc(Cl)c1)NC(=O)C2CC(=O)Nc1cc(Cl)cc(Cl)c1. The molecule has 1 unspecified atom stereocenters. The lowest BCUT2D eigenvalue weighted by molar-refractivity contribution is -0.123. The predicted octanol–water partition coefficient (Wildman–Crippen LogP) is 5.59. The molecule has 9 heteroatoms.